The number of quaternary nitrogens is 1. The number of hydrogen-bond acceptors (Lipinski definition) is 3. The van der Waals surface area contributed by atoms with Gasteiger partial charge in [0.25, 0.3) is 5.91 Å². The van der Waals surface area contributed by atoms with Gasteiger partial charge < -0.3 is 15.1 Å². The maximum Gasteiger partial charge on any atom is 0.275 e. The second-order valence-electron chi connectivity index (χ2n) is 6.14. The van der Waals surface area contributed by atoms with Crippen molar-refractivity contribution in [2.24, 2.45) is 0 Å². The number of nitrogens with one attached hydrogen (secondary N) is 2. The molecule has 0 aliphatic carbocycles. The molecule has 1 aromatic heterocycles. The SMILES string of the molecule is C=CC[NH+](CC(=O)NCc1ccc(N(C)C)cc1)Cc1ccc(Cl)s1. The largest absolute Gasteiger partial charge is 0.378 e. The second kappa shape index (κ2) is 9.61. The van der Waals surface area contributed by atoms with Crippen LogP contribution in [0.3, 0.4) is 0 Å². The average molecular weight is 379 g/mol. The lowest BCUT2D eigenvalue weighted by Crippen LogP contribution is -3.11. The van der Waals surface area contributed by atoms with Crippen LogP contribution in [-0.2, 0) is 17.9 Å². The van der Waals surface area contributed by atoms with E-state index in [9.17, 15) is 4.79 Å². The Morgan fingerprint density at radius 3 is 2.56 bits per heavy atom. The van der Waals surface area contributed by atoms with E-state index in [0.717, 1.165) is 33.6 Å². The molecule has 1 amide bonds. The van der Waals surface area contributed by atoms with Crippen LogP contribution in [0, 0.1) is 0 Å². The average Bonchev–Trinajstić information content (AvgIpc) is 2.98. The molecule has 0 radical (unpaired) electrons. The fourth-order valence-electron chi connectivity index (χ4n) is 2.51. The number of anilines is 1. The maximum absolute atomic E-state index is 12.3. The van der Waals surface area contributed by atoms with Crippen molar-refractivity contribution < 1.29 is 9.69 Å². The van der Waals surface area contributed by atoms with Crippen molar-refractivity contribution in [3.63, 3.8) is 0 Å². The van der Waals surface area contributed by atoms with Crippen molar-refractivity contribution in [1.29, 1.82) is 0 Å². The quantitative estimate of drug-likeness (QED) is 0.657. The standard InChI is InChI=1S/C19H24ClN3OS/c1-4-11-23(13-17-9-10-18(20)25-17)14-19(24)21-12-15-5-7-16(8-6-15)22(2)3/h4-10H,1,11-14H2,2-3H3,(H,21,24)/p+1. The van der Waals surface area contributed by atoms with Gasteiger partial charge in [-0.15, -0.1) is 11.3 Å². The van der Waals surface area contributed by atoms with E-state index in [-0.39, 0.29) is 5.91 Å². The summed E-state index contributed by atoms with van der Waals surface area (Å²) < 4.78 is 0.776. The molecule has 1 aromatic carbocycles. The van der Waals surface area contributed by atoms with Crippen LogP contribution in [0.2, 0.25) is 4.34 Å². The van der Waals surface area contributed by atoms with Crippen molar-refractivity contribution >= 4 is 34.5 Å². The molecule has 0 aliphatic heterocycles. The van der Waals surface area contributed by atoms with Crippen LogP contribution in [0.1, 0.15) is 10.4 Å². The third-order valence-corrected chi connectivity index (χ3v) is 5.07. The Hall–Kier alpha value is -1.82. The van der Waals surface area contributed by atoms with Crippen LogP contribution in [0.25, 0.3) is 0 Å². The molecule has 6 heteroatoms. The first kappa shape index (κ1) is 19.5. The Morgan fingerprint density at radius 2 is 2.00 bits per heavy atom. The number of carbonyl (C=O) groups is 1. The normalized spacial score (nSPS) is 11.8. The Kier molecular flexibility index (Phi) is 7.50. The number of nitrogens with zero attached hydrogens (tertiary/aromatic N) is 1. The number of rotatable bonds is 9. The van der Waals surface area contributed by atoms with Gasteiger partial charge in [0.2, 0.25) is 0 Å². The van der Waals surface area contributed by atoms with Crippen molar-refractivity contribution in [3.05, 3.63) is 63.8 Å². The van der Waals surface area contributed by atoms with Crippen molar-refractivity contribution in [3.8, 4) is 0 Å². The fraction of sp³-hybridized carbons (Fsp3) is 0.316. The minimum Gasteiger partial charge on any atom is -0.378 e. The molecule has 2 rings (SSSR count). The van der Waals surface area contributed by atoms with Crippen molar-refractivity contribution in [1.82, 2.24) is 5.32 Å². The highest BCUT2D eigenvalue weighted by atomic mass is 35.5. The molecular formula is C19H25ClN3OS+. The Morgan fingerprint density at radius 1 is 1.28 bits per heavy atom. The fourth-order valence-corrected chi connectivity index (χ4v) is 3.67. The topological polar surface area (TPSA) is 36.8 Å². The number of halogens is 1. The first-order valence-corrected chi connectivity index (χ1v) is 9.39. The highest BCUT2D eigenvalue weighted by Crippen LogP contribution is 2.20. The van der Waals surface area contributed by atoms with Crippen LogP contribution in [0.5, 0.6) is 0 Å². The Bertz CT molecular complexity index is 697. The summed E-state index contributed by atoms with van der Waals surface area (Å²) in [5, 5.41) is 3.00. The lowest BCUT2D eigenvalue weighted by Gasteiger charge is -2.17. The smallest absolute Gasteiger partial charge is 0.275 e. The van der Waals surface area contributed by atoms with Gasteiger partial charge in [-0.3, -0.25) is 4.79 Å². The molecule has 1 unspecified atom stereocenters. The van der Waals surface area contributed by atoms with E-state index in [0.29, 0.717) is 13.1 Å². The summed E-state index contributed by atoms with van der Waals surface area (Å²) in [5.41, 5.74) is 2.24. The van der Waals surface area contributed by atoms with Gasteiger partial charge in [0.15, 0.2) is 6.54 Å². The molecule has 1 atom stereocenters. The van der Waals surface area contributed by atoms with Crippen LogP contribution < -0.4 is 15.1 Å². The van der Waals surface area contributed by atoms with Gasteiger partial charge in [-0.05, 0) is 35.9 Å². The van der Waals surface area contributed by atoms with E-state index in [1.54, 1.807) is 11.3 Å². The molecule has 0 saturated carbocycles. The summed E-state index contributed by atoms with van der Waals surface area (Å²) in [7, 11) is 4.02. The Balaban J connectivity index is 1.84. The van der Waals surface area contributed by atoms with E-state index in [1.807, 2.05) is 44.4 Å². The highest BCUT2D eigenvalue weighted by molar-refractivity contribution is 7.16. The predicted octanol–water partition coefficient (Wildman–Crippen LogP) is 2.35. The minimum atomic E-state index is 0.0381. The summed E-state index contributed by atoms with van der Waals surface area (Å²) in [6, 6.07) is 12.1. The first-order chi connectivity index (χ1) is 12.0. The van der Waals surface area contributed by atoms with E-state index >= 15 is 0 Å². The van der Waals surface area contributed by atoms with Gasteiger partial charge >= 0.3 is 0 Å². The molecule has 0 aliphatic rings. The van der Waals surface area contributed by atoms with E-state index in [2.05, 4.69) is 28.9 Å². The number of hydrogen-bond donors (Lipinski definition) is 2. The second-order valence-corrected chi connectivity index (χ2v) is 7.94. The minimum absolute atomic E-state index is 0.0381. The van der Waals surface area contributed by atoms with Crippen LogP contribution in [-0.4, -0.2) is 33.1 Å². The van der Waals surface area contributed by atoms with Gasteiger partial charge in [0.1, 0.15) is 6.54 Å². The third-order valence-electron chi connectivity index (χ3n) is 3.84. The molecule has 0 spiro atoms. The molecule has 134 valence electrons. The first-order valence-electron chi connectivity index (χ1n) is 8.19. The molecule has 2 aromatic rings. The monoisotopic (exact) mass is 378 g/mol. The van der Waals surface area contributed by atoms with Crippen LogP contribution >= 0.6 is 22.9 Å². The molecule has 0 bridgehead atoms. The molecule has 0 fully saturated rings. The zero-order chi connectivity index (χ0) is 18.2. The molecule has 4 nitrogen and oxygen atoms in total. The van der Waals surface area contributed by atoms with Gasteiger partial charge in [-0.25, -0.2) is 0 Å². The van der Waals surface area contributed by atoms with E-state index in [4.69, 9.17) is 11.6 Å². The van der Waals surface area contributed by atoms with E-state index < -0.39 is 0 Å². The zero-order valence-electron chi connectivity index (χ0n) is 14.7. The summed E-state index contributed by atoms with van der Waals surface area (Å²) in [6.45, 7) is 6.25. The van der Waals surface area contributed by atoms with Gasteiger partial charge in [-0.1, -0.05) is 30.3 Å². The molecule has 1 heterocycles. The number of amides is 1. The summed E-state index contributed by atoms with van der Waals surface area (Å²) in [6.07, 6.45) is 1.85. The molecular weight excluding hydrogens is 354 g/mol. The van der Waals surface area contributed by atoms with Crippen molar-refractivity contribution in [2.45, 2.75) is 13.1 Å². The number of thiophene rings is 1. The molecule has 25 heavy (non-hydrogen) atoms. The van der Waals surface area contributed by atoms with E-state index in [1.165, 1.54) is 4.88 Å². The summed E-state index contributed by atoms with van der Waals surface area (Å²) >= 11 is 7.54. The van der Waals surface area contributed by atoms with Gasteiger partial charge in [0, 0.05) is 26.3 Å². The highest BCUT2D eigenvalue weighted by Gasteiger charge is 2.14. The molecule has 2 N–H and O–H groups in total. The summed E-state index contributed by atoms with van der Waals surface area (Å²) in [5.74, 6) is 0.0381. The van der Waals surface area contributed by atoms with Crippen molar-refractivity contribution in [2.75, 3.05) is 32.1 Å². The lowest BCUT2D eigenvalue weighted by molar-refractivity contribution is -0.899. The van der Waals surface area contributed by atoms with Gasteiger partial charge in [0.05, 0.1) is 15.8 Å². The third kappa shape index (κ3) is 6.53. The molecule has 0 saturated heterocycles. The Labute approximate surface area is 158 Å². The number of benzene rings is 1. The maximum atomic E-state index is 12.3. The number of carbonyl (C=O) groups excluding carboxylic acids is 1. The van der Waals surface area contributed by atoms with Gasteiger partial charge in [-0.2, -0.15) is 0 Å². The van der Waals surface area contributed by atoms with Crippen LogP contribution in [0.15, 0.2) is 49.1 Å². The zero-order valence-corrected chi connectivity index (χ0v) is 16.3. The summed E-state index contributed by atoms with van der Waals surface area (Å²) in [4.78, 5) is 16.6. The van der Waals surface area contributed by atoms with Crippen LogP contribution in [0.4, 0.5) is 5.69 Å². The lowest BCUT2D eigenvalue weighted by atomic mass is 10.2. The predicted molar refractivity (Wildman–Crippen MR) is 107 cm³/mol.